The van der Waals surface area contributed by atoms with Crippen molar-refractivity contribution in [2.24, 2.45) is 0 Å². The number of hydrogen-bond donors (Lipinski definition) is 8. The third-order valence-corrected chi connectivity index (χ3v) is 6.32. The Labute approximate surface area is 195 Å². The van der Waals surface area contributed by atoms with E-state index in [4.69, 9.17) is 23.7 Å². The molecule has 0 bridgehead atoms. The van der Waals surface area contributed by atoms with Crippen molar-refractivity contribution in [1.82, 2.24) is 5.32 Å². The van der Waals surface area contributed by atoms with Crippen molar-refractivity contribution < 1.29 is 64.2 Å². The first-order chi connectivity index (χ1) is 15.9. The monoisotopic (exact) mass is 497 g/mol. The van der Waals surface area contributed by atoms with Crippen molar-refractivity contribution >= 4 is 5.91 Å². The Morgan fingerprint density at radius 1 is 0.882 bits per heavy atom. The molecule has 3 heterocycles. The Morgan fingerprint density at radius 2 is 1.53 bits per heavy atom. The molecule has 198 valence electrons. The first-order valence-corrected chi connectivity index (χ1v) is 11.2. The zero-order chi connectivity index (χ0) is 25.3. The summed E-state index contributed by atoms with van der Waals surface area (Å²) >= 11 is 0. The molecule has 34 heavy (non-hydrogen) atoms. The number of carbonyl (C=O) groups excluding carboxylic acids is 1. The molecule has 14 atom stereocenters. The van der Waals surface area contributed by atoms with Crippen molar-refractivity contribution in [3.8, 4) is 0 Å². The molecule has 0 aromatic rings. The molecule has 14 heteroatoms. The number of nitrogens with one attached hydrogen (secondary N) is 1. The van der Waals surface area contributed by atoms with Crippen LogP contribution in [0.5, 0.6) is 0 Å². The van der Waals surface area contributed by atoms with Gasteiger partial charge in [-0.1, -0.05) is 0 Å². The fourth-order valence-electron chi connectivity index (χ4n) is 4.34. The van der Waals surface area contributed by atoms with Gasteiger partial charge in [-0.05, 0) is 13.8 Å². The molecule has 1 unspecified atom stereocenters. The molecule has 3 rings (SSSR count). The van der Waals surface area contributed by atoms with Crippen molar-refractivity contribution in [3.63, 3.8) is 0 Å². The summed E-state index contributed by atoms with van der Waals surface area (Å²) in [5, 5.41) is 73.4. The largest absolute Gasteiger partial charge is 0.394 e. The molecule has 14 nitrogen and oxygen atoms in total. The maximum atomic E-state index is 11.6. The average Bonchev–Trinajstić information content (AvgIpc) is 2.78. The van der Waals surface area contributed by atoms with Crippen LogP contribution in [0.25, 0.3) is 0 Å². The van der Waals surface area contributed by atoms with Crippen LogP contribution in [-0.2, 0) is 28.5 Å². The molecule has 0 radical (unpaired) electrons. The number of aliphatic hydroxyl groups excluding tert-OH is 7. The normalized spacial score (nSPS) is 50.1. The van der Waals surface area contributed by atoms with Gasteiger partial charge in [-0.25, -0.2) is 0 Å². The Morgan fingerprint density at radius 3 is 2.15 bits per heavy atom. The van der Waals surface area contributed by atoms with E-state index in [0.717, 1.165) is 0 Å². The summed E-state index contributed by atoms with van der Waals surface area (Å²) < 4.78 is 27.8. The third kappa shape index (κ3) is 5.86. The van der Waals surface area contributed by atoms with Crippen LogP contribution in [0.15, 0.2) is 0 Å². The summed E-state index contributed by atoms with van der Waals surface area (Å²) in [5.74, 6) is -0.524. The second-order valence-corrected chi connectivity index (χ2v) is 8.92. The Kier molecular flexibility index (Phi) is 9.22. The fraction of sp³-hybridized carbons (Fsp3) is 0.950. The predicted octanol–water partition coefficient (Wildman–Crippen LogP) is -4.34. The lowest BCUT2D eigenvalue weighted by atomic mass is 9.96. The third-order valence-electron chi connectivity index (χ3n) is 6.32. The van der Waals surface area contributed by atoms with Gasteiger partial charge in [-0.2, -0.15) is 0 Å². The number of carbonyl (C=O) groups is 1. The van der Waals surface area contributed by atoms with E-state index >= 15 is 0 Å². The molecule has 3 saturated heterocycles. The van der Waals surface area contributed by atoms with E-state index in [9.17, 15) is 40.5 Å². The maximum Gasteiger partial charge on any atom is 0.217 e. The van der Waals surface area contributed by atoms with Crippen LogP contribution in [0, 0.1) is 0 Å². The first kappa shape index (κ1) is 27.6. The van der Waals surface area contributed by atoms with Gasteiger partial charge in [0.15, 0.2) is 18.9 Å². The number of ether oxygens (including phenoxy) is 5. The highest BCUT2D eigenvalue weighted by atomic mass is 16.7. The zero-order valence-electron chi connectivity index (χ0n) is 19.1. The van der Waals surface area contributed by atoms with E-state index in [2.05, 4.69) is 5.32 Å². The summed E-state index contributed by atoms with van der Waals surface area (Å²) in [6.07, 6.45) is -16.4. The molecule has 3 aliphatic heterocycles. The molecule has 1 amide bonds. The molecule has 0 saturated carbocycles. The molecule has 3 aliphatic rings. The highest BCUT2D eigenvalue weighted by Gasteiger charge is 2.50. The summed E-state index contributed by atoms with van der Waals surface area (Å²) in [6, 6.07) is -1.19. The fourth-order valence-corrected chi connectivity index (χ4v) is 4.34. The van der Waals surface area contributed by atoms with E-state index in [-0.39, 0.29) is 6.42 Å². The molecule has 0 aliphatic carbocycles. The molecule has 0 aromatic carbocycles. The van der Waals surface area contributed by atoms with Gasteiger partial charge in [-0.3, -0.25) is 4.79 Å². The minimum absolute atomic E-state index is 0.123. The van der Waals surface area contributed by atoms with E-state index < -0.39 is 98.5 Å². The van der Waals surface area contributed by atoms with Crippen LogP contribution in [0.2, 0.25) is 0 Å². The van der Waals surface area contributed by atoms with Crippen molar-refractivity contribution in [1.29, 1.82) is 0 Å². The second-order valence-electron chi connectivity index (χ2n) is 8.92. The minimum Gasteiger partial charge on any atom is -0.394 e. The zero-order valence-corrected chi connectivity index (χ0v) is 19.1. The van der Waals surface area contributed by atoms with E-state index in [1.807, 2.05) is 0 Å². The number of rotatable bonds is 6. The minimum atomic E-state index is -1.59. The van der Waals surface area contributed by atoms with E-state index in [1.54, 1.807) is 0 Å². The summed E-state index contributed by atoms with van der Waals surface area (Å²) in [4.78, 5) is 11.6. The molecule has 8 N–H and O–H groups in total. The van der Waals surface area contributed by atoms with Crippen LogP contribution in [0.3, 0.4) is 0 Å². The van der Waals surface area contributed by atoms with Crippen molar-refractivity contribution in [2.75, 3.05) is 6.61 Å². The highest BCUT2D eigenvalue weighted by molar-refractivity contribution is 5.73. The van der Waals surface area contributed by atoms with Crippen molar-refractivity contribution in [3.05, 3.63) is 0 Å². The summed E-state index contributed by atoms with van der Waals surface area (Å²) in [6.45, 7) is 3.60. The number of aliphatic hydroxyl groups is 7. The van der Waals surface area contributed by atoms with Gasteiger partial charge < -0.3 is 64.7 Å². The van der Waals surface area contributed by atoms with E-state index in [1.165, 1.54) is 20.8 Å². The Balaban J connectivity index is 1.73. The molecular weight excluding hydrogens is 462 g/mol. The molecular formula is C20H35NO13. The SMILES string of the molecule is CC(=O)N[C@H]1C(O)O[C@H](CO)[C@@H](O)[C@@H]1O[C@H]1C[C@H](O[C@@H]2O[C@@H](C)[C@H](O)[C@@H](O)[C@H]2O)[C@@H](O)[C@H](C)O1. The highest BCUT2D eigenvalue weighted by Crippen LogP contribution is 2.31. The predicted molar refractivity (Wildman–Crippen MR) is 109 cm³/mol. The average molecular weight is 497 g/mol. The lowest BCUT2D eigenvalue weighted by Gasteiger charge is -2.46. The lowest BCUT2D eigenvalue weighted by molar-refractivity contribution is -0.344. The van der Waals surface area contributed by atoms with Crippen LogP contribution in [0.4, 0.5) is 0 Å². The molecule has 3 fully saturated rings. The lowest BCUT2D eigenvalue weighted by Crippen LogP contribution is -2.66. The van der Waals surface area contributed by atoms with E-state index in [0.29, 0.717) is 0 Å². The molecule has 0 aromatic heterocycles. The number of amides is 1. The summed E-state index contributed by atoms with van der Waals surface area (Å²) in [5.41, 5.74) is 0. The quantitative estimate of drug-likeness (QED) is 0.174. The topological polar surface area (TPSA) is 217 Å². The Hall–Kier alpha value is -1.01. The number of hydrogen-bond acceptors (Lipinski definition) is 13. The van der Waals surface area contributed by atoms with Crippen LogP contribution < -0.4 is 5.32 Å². The van der Waals surface area contributed by atoms with Crippen LogP contribution in [-0.4, -0.2) is 134 Å². The first-order valence-electron chi connectivity index (χ1n) is 11.2. The van der Waals surface area contributed by atoms with Gasteiger partial charge in [0.2, 0.25) is 5.91 Å². The van der Waals surface area contributed by atoms with Gasteiger partial charge in [-0.15, -0.1) is 0 Å². The van der Waals surface area contributed by atoms with Crippen molar-refractivity contribution in [2.45, 2.75) is 113 Å². The van der Waals surface area contributed by atoms with Gasteiger partial charge in [0, 0.05) is 13.3 Å². The summed E-state index contributed by atoms with van der Waals surface area (Å²) in [7, 11) is 0. The Bertz CT molecular complexity index is 685. The maximum absolute atomic E-state index is 11.6. The van der Waals surface area contributed by atoms with Gasteiger partial charge >= 0.3 is 0 Å². The molecule has 0 spiro atoms. The van der Waals surface area contributed by atoms with Crippen LogP contribution >= 0.6 is 0 Å². The van der Waals surface area contributed by atoms with Gasteiger partial charge in [0.25, 0.3) is 0 Å². The second kappa shape index (κ2) is 11.4. The smallest absolute Gasteiger partial charge is 0.217 e. The van der Waals surface area contributed by atoms with Gasteiger partial charge in [0.1, 0.15) is 48.8 Å². The van der Waals surface area contributed by atoms with Crippen LogP contribution in [0.1, 0.15) is 27.2 Å². The standard InChI is InChI=1S/C20H35NO13/c1-6-13(24)9(33-20-17(28)16(27)14(25)7(2)31-20)4-11(30-6)34-18-12(21-8(3)23)19(29)32-10(5-22)15(18)26/h6-7,9-20,22,24-29H,4-5H2,1-3H3,(H,21,23)/t6-,7-,9-,10+,11-,12+,13-,14-,15+,16+,17+,18+,19?,20-/m0/s1. The van der Waals surface area contributed by atoms with Gasteiger partial charge in [0.05, 0.1) is 24.9 Å².